The van der Waals surface area contributed by atoms with E-state index in [2.05, 4.69) is 36.4 Å². The van der Waals surface area contributed by atoms with Crippen LogP contribution in [0.1, 0.15) is 62.6 Å². The lowest BCUT2D eigenvalue weighted by molar-refractivity contribution is -0.122. The first kappa shape index (κ1) is 24.7. The van der Waals surface area contributed by atoms with Crippen LogP contribution in [0.25, 0.3) is 11.0 Å². The molecule has 0 aliphatic heterocycles. The summed E-state index contributed by atoms with van der Waals surface area (Å²) >= 11 is 0. The van der Waals surface area contributed by atoms with E-state index in [9.17, 15) is 9.59 Å². The van der Waals surface area contributed by atoms with Crippen LogP contribution in [0.2, 0.25) is 0 Å². The zero-order chi connectivity index (χ0) is 24.9. The molecule has 8 heteroatoms. The van der Waals surface area contributed by atoms with Crippen LogP contribution in [0.3, 0.4) is 0 Å². The summed E-state index contributed by atoms with van der Waals surface area (Å²) < 4.78 is 6.99. The van der Waals surface area contributed by atoms with Gasteiger partial charge in [-0.1, -0.05) is 26.3 Å². The second-order valence-electron chi connectivity index (χ2n) is 9.83. The van der Waals surface area contributed by atoms with E-state index in [-0.39, 0.29) is 17.9 Å². The van der Waals surface area contributed by atoms with E-state index in [4.69, 9.17) is 9.72 Å². The molecule has 1 atom stereocenters. The Morgan fingerprint density at radius 3 is 2.63 bits per heavy atom. The first-order valence-corrected chi connectivity index (χ1v) is 12.4. The third kappa shape index (κ3) is 5.63. The summed E-state index contributed by atoms with van der Waals surface area (Å²) in [5.74, 6) is -0.0230. The molecule has 8 nitrogen and oxygen atoms in total. The minimum Gasteiger partial charge on any atom is -0.464 e. The molecule has 1 aliphatic carbocycles. The Morgan fingerprint density at radius 2 is 2.00 bits per heavy atom. The summed E-state index contributed by atoms with van der Waals surface area (Å²) in [4.78, 5) is 35.1. The van der Waals surface area contributed by atoms with Crippen molar-refractivity contribution in [1.82, 2.24) is 14.5 Å². The van der Waals surface area contributed by atoms with Gasteiger partial charge in [-0.05, 0) is 50.3 Å². The number of hydrogen-bond donors (Lipinski definition) is 2. The van der Waals surface area contributed by atoms with Crippen molar-refractivity contribution in [2.75, 3.05) is 17.7 Å². The van der Waals surface area contributed by atoms with Crippen molar-refractivity contribution in [3.63, 3.8) is 0 Å². The number of ether oxygens (including phenoxy) is 1. The van der Waals surface area contributed by atoms with Crippen molar-refractivity contribution >= 4 is 34.3 Å². The molecule has 1 amide bonds. The van der Waals surface area contributed by atoms with Crippen molar-refractivity contribution in [1.29, 1.82) is 0 Å². The predicted octanol–water partition coefficient (Wildman–Crippen LogP) is 5.05. The Kier molecular flexibility index (Phi) is 7.68. The van der Waals surface area contributed by atoms with Crippen LogP contribution in [0.4, 0.5) is 11.4 Å². The average Bonchev–Trinajstić information content (AvgIpc) is 3.08. The number of rotatable bonds is 10. The van der Waals surface area contributed by atoms with Gasteiger partial charge in [0.2, 0.25) is 5.91 Å². The van der Waals surface area contributed by atoms with Crippen molar-refractivity contribution < 1.29 is 14.3 Å². The quantitative estimate of drug-likeness (QED) is 0.397. The van der Waals surface area contributed by atoms with Crippen LogP contribution >= 0.6 is 0 Å². The zero-order valence-electron chi connectivity index (χ0n) is 21.0. The van der Waals surface area contributed by atoms with Gasteiger partial charge in [-0.25, -0.2) is 9.78 Å². The molecule has 1 unspecified atom stereocenters. The molecule has 0 radical (unpaired) electrons. The molecular formula is C27H35N5O3. The highest BCUT2D eigenvalue weighted by molar-refractivity contribution is 6.11. The number of methoxy groups -OCH3 is 1. The van der Waals surface area contributed by atoms with E-state index in [1.165, 1.54) is 7.11 Å². The highest BCUT2D eigenvalue weighted by Gasteiger charge is 2.30. The predicted molar refractivity (Wildman–Crippen MR) is 138 cm³/mol. The van der Waals surface area contributed by atoms with Gasteiger partial charge in [-0.3, -0.25) is 9.78 Å². The molecule has 0 saturated heterocycles. The van der Waals surface area contributed by atoms with Gasteiger partial charge in [-0.15, -0.1) is 0 Å². The van der Waals surface area contributed by atoms with Crippen molar-refractivity contribution in [3.8, 4) is 0 Å². The molecule has 3 aromatic heterocycles. The third-order valence-corrected chi connectivity index (χ3v) is 6.56. The number of esters is 1. The van der Waals surface area contributed by atoms with Crippen molar-refractivity contribution in [3.05, 3.63) is 48.0 Å². The van der Waals surface area contributed by atoms with Gasteiger partial charge >= 0.3 is 5.97 Å². The summed E-state index contributed by atoms with van der Waals surface area (Å²) in [5.41, 5.74) is 3.17. The third-order valence-electron chi connectivity index (χ3n) is 6.56. The van der Waals surface area contributed by atoms with Crippen LogP contribution in [0.15, 0.2) is 36.7 Å². The van der Waals surface area contributed by atoms with Crippen LogP contribution in [0, 0.1) is 11.8 Å². The lowest BCUT2D eigenvalue weighted by Gasteiger charge is -2.24. The Morgan fingerprint density at radius 1 is 1.20 bits per heavy atom. The summed E-state index contributed by atoms with van der Waals surface area (Å²) in [7, 11) is 1.36. The smallest absolute Gasteiger partial charge is 0.356 e. The molecule has 0 spiro atoms. The summed E-state index contributed by atoms with van der Waals surface area (Å²) in [5, 5.41) is 7.29. The largest absolute Gasteiger partial charge is 0.464 e. The fourth-order valence-corrected chi connectivity index (χ4v) is 4.68. The second-order valence-corrected chi connectivity index (χ2v) is 9.83. The van der Waals surface area contributed by atoms with Crippen LogP contribution in [0.5, 0.6) is 0 Å². The minimum absolute atomic E-state index is 0.0206. The molecule has 0 bridgehead atoms. The summed E-state index contributed by atoms with van der Waals surface area (Å²) in [6, 6.07) is 8.00. The van der Waals surface area contributed by atoms with E-state index < -0.39 is 5.97 Å². The highest BCUT2D eigenvalue weighted by Crippen LogP contribution is 2.35. The normalized spacial score (nSPS) is 14.5. The highest BCUT2D eigenvalue weighted by atomic mass is 16.5. The van der Waals surface area contributed by atoms with Gasteiger partial charge in [0.05, 0.1) is 24.7 Å². The number of nitrogens with zero attached hydrogens (tertiary/aromatic N) is 3. The Bertz CT molecular complexity index is 1180. The number of nitrogens with one attached hydrogen (secondary N) is 2. The molecule has 1 fully saturated rings. The maximum Gasteiger partial charge on any atom is 0.356 e. The van der Waals surface area contributed by atoms with E-state index in [1.807, 2.05) is 28.8 Å². The molecule has 3 aromatic rings. The Hall–Kier alpha value is -3.42. The number of amides is 1. The van der Waals surface area contributed by atoms with E-state index in [0.29, 0.717) is 35.9 Å². The number of carbonyl (C=O) groups excluding carboxylic acids is 2. The number of aromatic nitrogens is 3. The van der Waals surface area contributed by atoms with Crippen molar-refractivity contribution in [2.45, 2.75) is 65.5 Å². The van der Waals surface area contributed by atoms with Crippen LogP contribution < -0.4 is 10.6 Å². The number of aryl methyl sites for hydroxylation is 2. The first-order chi connectivity index (χ1) is 16.9. The van der Waals surface area contributed by atoms with E-state index in [1.54, 1.807) is 12.4 Å². The van der Waals surface area contributed by atoms with Gasteiger partial charge in [0.15, 0.2) is 5.69 Å². The fourth-order valence-electron chi connectivity index (χ4n) is 4.68. The maximum atomic E-state index is 13.0. The summed E-state index contributed by atoms with van der Waals surface area (Å²) in [6.45, 7) is 7.00. The van der Waals surface area contributed by atoms with Gasteiger partial charge in [-0.2, -0.15) is 0 Å². The molecular weight excluding hydrogens is 442 g/mol. The van der Waals surface area contributed by atoms with Crippen LogP contribution in [-0.2, 0) is 22.5 Å². The van der Waals surface area contributed by atoms with Gasteiger partial charge in [0, 0.05) is 42.2 Å². The van der Waals surface area contributed by atoms with Gasteiger partial charge in [0.25, 0.3) is 0 Å². The molecule has 3 heterocycles. The van der Waals surface area contributed by atoms with Gasteiger partial charge in [0.1, 0.15) is 5.65 Å². The lowest BCUT2D eigenvalue weighted by atomic mass is 9.85. The number of pyridine rings is 2. The van der Waals surface area contributed by atoms with E-state index in [0.717, 1.165) is 42.5 Å². The molecule has 1 aliphatic rings. The monoisotopic (exact) mass is 477 g/mol. The molecule has 186 valence electrons. The Labute approximate surface area is 206 Å². The van der Waals surface area contributed by atoms with Gasteiger partial charge < -0.3 is 19.9 Å². The SMILES string of the molecule is COC(=O)c1c(NC(=O)C2CCC2)c2cc(NC(C)CC(C)C)cnc2n1CCc1ccccn1. The van der Waals surface area contributed by atoms with E-state index >= 15 is 0 Å². The zero-order valence-corrected chi connectivity index (χ0v) is 21.0. The number of hydrogen-bond acceptors (Lipinski definition) is 6. The lowest BCUT2D eigenvalue weighted by Crippen LogP contribution is -2.29. The number of fused-ring (bicyclic) bond motifs is 1. The summed E-state index contributed by atoms with van der Waals surface area (Å²) in [6.07, 6.45) is 7.96. The minimum atomic E-state index is -0.504. The fraction of sp³-hybridized carbons (Fsp3) is 0.481. The number of anilines is 2. The maximum absolute atomic E-state index is 13.0. The van der Waals surface area contributed by atoms with Crippen LogP contribution in [-0.4, -0.2) is 39.6 Å². The average molecular weight is 478 g/mol. The van der Waals surface area contributed by atoms with Crippen molar-refractivity contribution in [2.24, 2.45) is 11.8 Å². The molecule has 35 heavy (non-hydrogen) atoms. The Balaban J connectivity index is 1.77. The molecule has 1 saturated carbocycles. The molecule has 4 rings (SSSR count). The molecule has 0 aromatic carbocycles. The second kappa shape index (κ2) is 10.9. The molecule has 2 N–H and O–H groups in total. The number of carbonyl (C=O) groups is 2. The topological polar surface area (TPSA) is 98.1 Å². The first-order valence-electron chi connectivity index (χ1n) is 12.4. The standard InChI is InChI=1S/C27H35N5O3/c1-17(2)14-18(3)30-21-15-22-23(31-26(33)19-8-7-9-19)24(27(34)35-4)32(25(22)29-16-21)13-11-20-10-5-6-12-28-20/h5-6,10,12,15-19,30H,7-9,11,13-14H2,1-4H3,(H,31,33).